The number of aromatic nitrogens is 2. The van der Waals surface area contributed by atoms with E-state index in [1.807, 2.05) is 98.8 Å². The molecule has 0 spiro atoms. The number of aryl methyl sites for hydroxylation is 2. The van der Waals surface area contributed by atoms with Crippen molar-refractivity contribution in [3.05, 3.63) is 117 Å². The summed E-state index contributed by atoms with van der Waals surface area (Å²) in [6, 6.07) is 28.9. The lowest BCUT2D eigenvalue weighted by molar-refractivity contribution is -0.113. The van der Waals surface area contributed by atoms with E-state index in [4.69, 9.17) is 9.72 Å². The highest BCUT2D eigenvalue weighted by molar-refractivity contribution is 7.99. The van der Waals surface area contributed by atoms with Crippen molar-refractivity contribution in [2.24, 2.45) is 0 Å². The average molecular weight is 652 g/mol. The number of ether oxygens (including phenoxy) is 1. The van der Waals surface area contributed by atoms with E-state index in [0.717, 1.165) is 32.0 Å². The summed E-state index contributed by atoms with van der Waals surface area (Å²) in [5.41, 5.74) is 4.69. The lowest BCUT2D eigenvalue weighted by Crippen LogP contribution is -2.23. The van der Waals surface area contributed by atoms with E-state index in [-0.39, 0.29) is 23.8 Å². The van der Waals surface area contributed by atoms with E-state index in [0.29, 0.717) is 31.6 Å². The molecule has 7 nitrogen and oxygen atoms in total. The van der Waals surface area contributed by atoms with Crippen LogP contribution < -0.4 is 10.9 Å². The van der Waals surface area contributed by atoms with Crippen molar-refractivity contribution >= 4 is 61.5 Å². The van der Waals surface area contributed by atoms with Crippen molar-refractivity contribution < 1.29 is 14.3 Å². The summed E-state index contributed by atoms with van der Waals surface area (Å²) < 4.78 is 6.84. The molecule has 0 fully saturated rings. The molecule has 226 valence electrons. The first-order valence-electron chi connectivity index (χ1n) is 14.3. The van der Waals surface area contributed by atoms with Gasteiger partial charge in [-0.3, -0.25) is 14.2 Å². The van der Waals surface area contributed by atoms with E-state index >= 15 is 0 Å². The van der Waals surface area contributed by atoms with E-state index in [1.165, 1.54) is 34.4 Å². The lowest BCUT2D eigenvalue weighted by atomic mass is 10.0. The van der Waals surface area contributed by atoms with Gasteiger partial charge in [0.05, 0.1) is 29.0 Å². The minimum Gasteiger partial charge on any atom is -0.462 e. The molecule has 45 heavy (non-hydrogen) atoms. The number of thiophene rings is 2. The van der Waals surface area contributed by atoms with Gasteiger partial charge in [-0.25, -0.2) is 9.78 Å². The normalized spacial score (nSPS) is 11.1. The molecule has 0 unspecified atom stereocenters. The number of thioether (sulfide) groups is 1. The van der Waals surface area contributed by atoms with E-state index in [9.17, 15) is 14.4 Å². The Morgan fingerprint density at radius 3 is 2.29 bits per heavy atom. The molecule has 3 aromatic carbocycles. The Bertz CT molecular complexity index is 2070. The molecule has 0 aliphatic heterocycles. The Kier molecular flexibility index (Phi) is 8.97. The van der Waals surface area contributed by atoms with Crippen LogP contribution in [0.1, 0.15) is 27.7 Å². The van der Waals surface area contributed by atoms with Crippen LogP contribution in [0.15, 0.2) is 101 Å². The molecule has 6 aromatic rings. The second kappa shape index (κ2) is 13.2. The molecule has 10 heteroatoms. The Hall–Kier alpha value is -4.51. The van der Waals surface area contributed by atoms with Crippen LogP contribution in [0, 0.1) is 13.8 Å². The van der Waals surface area contributed by atoms with E-state index < -0.39 is 5.97 Å². The number of benzene rings is 3. The summed E-state index contributed by atoms with van der Waals surface area (Å²) >= 11 is 3.96. The average Bonchev–Trinajstić information content (AvgIpc) is 3.62. The number of hydrogen-bond donors (Lipinski definition) is 1. The highest BCUT2D eigenvalue weighted by Gasteiger charge is 2.23. The van der Waals surface area contributed by atoms with Crippen LogP contribution in [0.3, 0.4) is 0 Å². The number of nitrogens with zero attached hydrogens (tertiary/aromatic N) is 2. The van der Waals surface area contributed by atoms with Crippen LogP contribution >= 0.6 is 34.4 Å². The van der Waals surface area contributed by atoms with Crippen molar-refractivity contribution in [2.45, 2.75) is 25.9 Å². The first kappa shape index (κ1) is 30.5. The number of amides is 1. The Morgan fingerprint density at radius 2 is 1.60 bits per heavy atom. The number of anilines is 1. The molecule has 3 heterocycles. The van der Waals surface area contributed by atoms with Gasteiger partial charge in [0.15, 0.2) is 5.16 Å². The van der Waals surface area contributed by atoms with E-state index in [1.54, 1.807) is 17.6 Å². The number of fused-ring (bicyclic) bond motifs is 1. The monoisotopic (exact) mass is 651 g/mol. The number of carbonyl (C=O) groups excluding carboxylic acids is 2. The number of rotatable bonds is 9. The van der Waals surface area contributed by atoms with Gasteiger partial charge in [-0.05, 0) is 50.1 Å². The zero-order chi connectivity index (χ0) is 31.5. The van der Waals surface area contributed by atoms with Gasteiger partial charge in [0.1, 0.15) is 9.83 Å². The first-order valence-corrected chi connectivity index (χ1v) is 16.9. The smallest absolute Gasteiger partial charge is 0.341 e. The summed E-state index contributed by atoms with van der Waals surface area (Å²) in [7, 11) is 0. The van der Waals surface area contributed by atoms with Gasteiger partial charge in [0, 0.05) is 15.3 Å². The van der Waals surface area contributed by atoms with Crippen molar-refractivity contribution in [3.8, 4) is 27.3 Å². The number of esters is 1. The van der Waals surface area contributed by atoms with Crippen LogP contribution in [0.25, 0.3) is 37.5 Å². The minimum atomic E-state index is -0.499. The number of para-hydroxylation sites is 1. The third-order valence-corrected chi connectivity index (χ3v) is 10.1. The SMILES string of the molecule is CCOC(=O)c1cc(-c2ccccc2)sc1NC(=O)CSc1nc2sc(C)c(-c3ccc(C)cc3)c2c(=O)n1-c1ccccc1. The fraction of sp³-hybridized carbons (Fsp3) is 0.143. The molecule has 6 rings (SSSR count). The predicted molar refractivity (Wildman–Crippen MR) is 185 cm³/mol. The third-order valence-electron chi connectivity index (χ3n) is 7.10. The largest absolute Gasteiger partial charge is 0.462 e. The van der Waals surface area contributed by atoms with Gasteiger partial charge in [-0.1, -0.05) is 90.1 Å². The summed E-state index contributed by atoms with van der Waals surface area (Å²) in [5.74, 6) is -0.856. The van der Waals surface area contributed by atoms with Gasteiger partial charge in [0.2, 0.25) is 5.91 Å². The third kappa shape index (κ3) is 6.35. The quantitative estimate of drug-likeness (QED) is 0.0960. The summed E-state index contributed by atoms with van der Waals surface area (Å²) in [5, 5.41) is 4.29. The molecule has 0 atom stereocenters. The van der Waals surface area contributed by atoms with Crippen LogP contribution in [0.4, 0.5) is 5.00 Å². The molecule has 0 radical (unpaired) electrons. The van der Waals surface area contributed by atoms with Gasteiger partial charge in [-0.15, -0.1) is 22.7 Å². The second-order valence-corrected chi connectivity index (χ2v) is 13.4. The minimum absolute atomic E-state index is 0.0270. The Balaban J connectivity index is 1.34. The molecule has 0 saturated heterocycles. The fourth-order valence-electron chi connectivity index (χ4n) is 4.99. The van der Waals surface area contributed by atoms with Gasteiger partial charge in [0.25, 0.3) is 5.56 Å². The summed E-state index contributed by atoms with van der Waals surface area (Å²) in [6.07, 6.45) is 0. The van der Waals surface area contributed by atoms with Crippen LogP contribution in [0.2, 0.25) is 0 Å². The maximum Gasteiger partial charge on any atom is 0.341 e. The van der Waals surface area contributed by atoms with Crippen molar-refractivity contribution in [2.75, 3.05) is 17.7 Å². The van der Waals surface area contributed by atoms with E-state index in [2.05, 4.69) is 5.32 Å². The molecular weight excluding hydrogens is 623 g/mol. The molecular formula is C35H29N3O4S3. The zero-order valence-electron chi connectivity index (χ0n) is 24.8. The van der Waals surface area contributed by atoms with Crippen LogP contribution in [-0.4, -0.2) is 33.8 Å². The molecule has 0 bridgehead atoms. The van der Waals surface area contributed by atoms with Gasteiger partial charge >= 0.3 is 5.97 Å². The standard InChI is InChI=1S/C35H29N3O4S3/c1-4-42-34(41)26-19-27(23-11-7-5-8-12-23)45-31(26)36-28(39)20-43-35-37-32-30(33(40)38(35)25-13-9-6-10-14-25)29(22(3)44-32)24-17-15-21(2)16-18-24/h5-19H,4,20H2,1-3H3,(H,36,39). The molecule has 0 aliphatic rings. The van der Waals surface area contributed by atoms with Crippen molar-refractivity contribution in [1.29, 1.82) is 0 Å². The maximum atomic E-state index is 14.2. The Labute approximate surface area is 272 Å². The fourth-order valence-corrected chi connectivity index (χ4v) is 7.96. The van der Waals surface area contributed by atoms with Crippen LogP contribution in [0.5, 0.6) is 0 Å². The van der Waals surface area contributed by atoms with Gasteiger partial charge in [-0.2, -0.15) is 0 Å². The zero-order valence-corrected chi connectivity index (χ0v) is 27.3. The molecule has 1 N–H and O–H groups in total. The van der Waals surface area contributed by atoms with Crippen molar-refractivity contribution in [1.82, 2.24) is 9.55 Å². The molecule has 0 aliphatic carbocycles. The second-order valence-electron chi connectivity index (χ2n) is 10.2. The summed E-state index contributed by atoms with van der Waals surface area (Å²) in [6.45, 7) is 5.99. The molecule has 0 saturated carbocycles. The van der Waals surface area contributed by atoms with Crippen LogP contribution in [-0.2, 0) is 9.53 Å². The molecule has 1 amide bonds. The molecule has 3 aromatic heterocycles. The lowest BCUT2D eigenvalue weighted by Gasteiger charge is -2.13. The number of nitrogens with one attached hydrogen (secondary N) is 1. The number of carbonyl (C=O) groups is 2. The Morgan fingerprint density at radius 1 is 0.911 bits per heavy atom. The van der Waals surface area contributed by atoms with Crippen molar-refractivity contribution in [3.63, 3.8) is 0 Å². The summed E-state index contributed by atoms with van der Waals surface area (Å²) in [4.78, 5) is 47.7. The highest BCUT2D eigenvalue weighted by Crippen LogP contribution is 2.38. The number of hydrogen-bond acceptors (Lipinski definition) is 8. The topological polar surface area (TPSA) is 90.3 Å². The highest BCUT2D eigenvalue weighted by atomic mass is 32.2. The predicted octanol–water partition coefficient (Wildman–Crippen LogP) is 8.37. The maximum absolute atomic E-state index is 14.2. The van der Waals surface area contributed by atoms with Gasteiger partial charge < -0.3 is 10.1 Å². The first-order chi connectivity index (χ1) is 21.8.